The third kappa shape index (κ3) is 3.54. The molecule has 1 heterocycles. The molecule has 6 heteroatoms. The molecule has 0 radical (unpaired) electrons. The highest BCUT2D eigenvalue weighted by Crippen LogP contribution is 2.50. The van der Waals surface area contributed by atoms with Gasteiger partial charge in [-0.1, -0.05) is 42.9 Å². The van der Waals surface area contributed by atoms with Crippen LogP contribution < -0.4 is 10.1 Å². The molecule has 0 bridgehead atoms. The van der Waals surface area contributed by atoms with Gasteiger partial charge in [-0.3, -0.25) is 9.78 Å². The van der Waals surface area contributed by atoms with E-state index in [-0.39, 0.29) is 0 Å². The van der Waals surface area contributed by atoms with Crippen molar-refractivity contribution in [2.24, 2.45) is 0 Å². The molecule has 1 aromatic carbocycles. The number of carbonyl (C=O) groups is 1. The van der Waals surface area contributed by atoms with Crippen LogP contribution in [0.2, 0.25) is 0 Å². The summed E-state index contributed by atoms with van der Waals surface area (Å²) in [7, 11) is 1.79. The Morgan fingerprint density at radius 1 is 1.15 bits per heavy atom. The maximum atomic E-state index is 12.2. The smallest absolute Gasteiger partial charge is 0.305 e. The lowest BCUT2D eigenvalue weighted by Gasteiger charge is -2.51. The quantitative estimate of drug-likeness (QED) is 0.481. The number of esters is 1. The largest absolute Gasteiger partial charge is 0.451 e. The Morgan fingerprint density at radius 2 is 1.89 bits per heavy atom. The lowest BCUT2D eigenvalue weighted by Crippen LogP contribution is -2.65. The van der Waals surface area contributed by atoms with Crippen molar-refractivity contribution >= 4 is 23.2 Å². The first kappa shape index (κ1) is 19.3. The SMILES string of the molecule is CNC(=S)C1(c2cccnc2)CCCCC1(OC(C)=O)Oc1ccccc1. The van der Waals surface area contributed by atoms with Crippen LogP contribution in [0.1, 0.15) is 38.2 Å². The third-order valence-corrected chi connectivity index (χ3v) is 5.61. The fraction of sp³-hybridized carbons (Fsp3) is 0.381. The summed E-state index contributed by atoms with van der Waals surface area (Å²) in [6, 6.07) is 13.2. The van der Waals surface area contributed by atoms with Crippen LogP contribution >= 0.6 is 12.2 Å². The average molecular weight is 385 g/mol. The van der Waals surface area contributed by atoms with Crippen molar-refractivity contribution in [2.75, 3.05) is 7.05 Å². The number of likely N-dealkylation sites (N-methyl/N-ethyl adjacent to an activating group) is 1. The Kier molecular flexibility index (Phi) is 5.75. The first-order chi connectivity index (χ1) is 13.0. The molecule has 3 rings (SSSR count). The lowest BCUT2D eigenvalue weighted by molar-refractivity contribution is -0.224. The summed E-state index contributed by atoms with van der Waals surface area (Å²) >= 11 is 5.78. The number of ether oxygens (including phenoxy) is 2. The molecule has 0 amide bonds. The van der Waals surface area contributed by atoms with Crippen molar-refractivity contribution in [3.8, 4) is 5.75 Å². The summed E-state index contributed by atoms with van der Waals surface area (Å²) < 4.78 is 12.4. The monoisotopic (exact) mass is 384 g/mol. The topological polar surface area (TPSA) is 60.5 Å². The van der Waals surface area contributed by atoms with Gasteiger partial charge in [0.1, 0.15) is 11.2 Å². The number of nitrogens with one attached hydrogen (secondary N) is 1. The summed E-state index contributed by atoms with van der Waals surface area (Å²) in [5, 5.41) is 3.12. The highest BCUT2D eigenvalue weighted by atomic mass is 32.1. The maximum Gasteiger partial charge on any atom is 0.305 e. The first-order valence-electron chi connectivity index (χ1n) is 9.10. The molecule has 2 aromatic rings. The molecule has 142 valence electrons. The molecule has 5 nitrogen and oxygen atoms in total. The molecule has 27 heavy (non-hydrogen) atoms. The zero-order valence-corrected chi connectivity index (χ0v) is 16.4. The van der Waals surface area contributed by atoms with E-state index in [0.717, 1.165) is 18.4 Å². The number of benzene rings is 1. The van der Waals surface area contributed by atoms with Gasteiger partial charge in [-0.15, -0.1) is 0 Å². The number of pyridine rings is 1. The highest BCUT2D eigenvalue weighted by molar-refractivity contribution is 7.80. The Morgan fingerprint density at radius 3 is 2.52 bits per heavy atom. The molecule has 1 N–H and O–H groups in total. The van der Waals surface area contributed by atoms with Crippen LogP contribution in [0.15, 0.2) is 54.9 Å². The second-order valence-electron chi connectivity index (χ2n) is 6.69. The zero-order chi connectivity index (χ0) is 19.3. The van der Waals surface area contributed by atoms with Gasteiger partial charge in [0.15, 0.2) is 0 Å². The van der Waals surface area contributed by atoms with Gasteiger partial charge in [0.25, 0.3) is 5.79 Å². The first-order valence-corrected chi connectivity index (χ1v) is 9.51. The van der Waals surface area contributed by atoms with E-state index in [0.29, 0.717) is 23.6 Å². The number of carbonyl (C=O) groups excluding carboxylic acids is 1. The average Bonchev–Trinajstić information content (AvgIpc) is 2.68. The Balaban J connectivity index is 2.22. The predicted molar refractivity (Wildman–Crippen MR) is 108 cm³/mol. The fourth-order valence-corrected chi connectivity index (χ4v) is 4.35. The Hall–Kier alpha value is -2.47. The highest BCUT2D eigenvalue weighted by Gasteiger charge is 2.61. The molecule has 1 saturated carbocycles. The predicted octanol–water partition coefficient (Wildman–Crippen LogP) is 3.78. The van der Waals surface area contributed by atoms with Crippen LogP contribution in [0.4, 0.5) is 0 Å². The number of thiocarbonyl (C=S) groups is 1. The van der Waals surface area contributed by atoms with E-state index in [4.69, 9.17) is 21.7 Å². The molecule has 0 aliphatic heterocycles. The van der Waals surface area contributed by atoms with Gasteiger partial charge in [0.05, 0.1) is 4.99 Å². The molecule has 2 unspecified atom stereocenters. The molecular weight excluding hydrogens is 360 g/mol. The summed E-state index contributed by atoms with van der Waals surface area (Å²) in [6.07, 6.45) is 6.54. The fourth-order valence-electron chi connectivity index (χ4n) is 3.97. The van der Waals surface area contributed by atoms with Crippen LogP contribution in [0.5, 0.6) is 5.75 Å². The number of nitrogens with zero attached hydrogens (tertiary/aromatic N) is 1. The Labute approximate surface area is 165 Å². The number of rotatable bonds is 5. The van der Waals surface area contributed by atoms with Crippen molar-refractivity contribution in [1.82, 2.24) is 10.3 Å². The van der Waals surface area contributed by atoms with Gasteiger partial charge in [0, 0.05) is 32.8 Å². The molecule has 0 spiro atoms. The maximum absolute atomic E-state index is 12.2. The van der Waals surface area contributed by atoms with Crippen molar-refractivity contribution in [3.63, 3.8) is 0 Å². The molecule has 0 saturated heterocycles. The van der Waals surface area contributed by atoms with Crippen molar-refractivity contribution in [1.29, 1.82) is 0 Å². The number of hydrogen-bond acceptors (Lipinski definition) is 5. The summed E-state index contributed by atoms with van der Waals surface area (Å²) in [6.45, 7) is 1.40. The van der Waals surface area contributed by atoms with Crippen LogP contribution in [-0.2, 0) is 14.9 Å². The van der Waals surface area contributed by atoms with Crippen LogP contribution in [0, 0.1) is 0 Å². The van der Waals surface area contributed by atoms with E-state index in [1.807, 2.05) is 42.5 Å². The molecule has 1 fully saturated rings. The minimum absolute atomic E-state index is 0.403. The van der Waals surface area contributed by atoms with Crippen LogP contribution in [-0.4, -0.2) is 28.8 Å². The summed E-state index contributed by atoms with van der Waals surface area (Å²) in [4.78, 5) is 17.0. The molecule has 1 aliphatic carbocycles. The molecule has 1 aromatic heterocycles. The molecule has 2 atom stereocenters. The molecule has 1 aliphatic rings. The van der Waals surface area contributed by atoms with E-state index < -0.39 is 17.2 Å². The van der Waals surface area contributed by atoms with Gasteiger partial charge >= 0.3 is 5.97 Å². The van der Waals surface area contributed by atoms with E-state index in [2.05, 4.69) is 10.3 Å². The van der Waals surface area contributed by atoms with E-state index in [1.165, 1.54) is 6.92 Å². The lowest BCUT2D eigenvalue weighted by atomic mass is 9.64. The van der Waals surface area contributed by atoms with Crippen molar-refractivity contribution in [3.05, 3.63) is 60.4 Å². The minimum Gasteiger partial charge on any atom is -0.451 e. The summed E-state index contributed by atoms with van der Waals surface area (Å²) in [5.74, 6) is -1.02. The second-order valence-corrected chi connectivity index (χ2v) is 7.10. The van der Waals surface area contributed by atoms with E-state index in [9.17, 15) is 4.79 Å². The summed E-state index contributed by atoms with van der Waals surface area (Å²) in [5.41, 5.74) is 0.0479. The molecular formula is C21H24N2O3S. The second kappa shape index (κ2) is 8.05. The van der Waals surface area contributed by atoms with Crippen molar-refractivity contribution in [2.45, 2.75) is 43.8 Å². The minimum atomic E-state index is -1.25. The van der Waals surface area contributed by atoms with Crippen LogP contribution in [0.25, 0.3) is 0 Å². The van der Waals surface area contributed by atoms with Gasteiger partial charge in [-0.05, 0) is 36.6 Å². The number of para-hydroxylation sites is 1. The van der Waals surface area contributed by atoms with Gasteiger partial charge < -0.3 is 14.8 Å². The standard InChI is InChI=1S/C21H24N2O3S/c1-16(24)25-21(26-18-10-4-3-5-11-18)13-7-6-12-20(21,19(27)22-2)17-9-8-14-23-15-17/h3-5,8-11,14-15H,6-7,12-13H2,1-2H3,(H,22,27). The van der Waals surface area contributed by atoms with Gasteiger partial charge in [-0.25, -0.2) is 0 Å². The van der Waals surface area contributed by atoms with Gasteiger partial charge in [-0.2, -0.15) is 0 Å². The van der Waals surface area contributed by atoms with Crippen LogP contribution in [0.3, 0.4) is 0 Å². The van der Waals surface area contributed by atoms with Crippen molar-refractivity contribution < 1.29 is 14.3 Å². The van der Waals surface area contributed by atoms with E-state index >= 15 is 0 Å². The normalized spacial score (nSPS) is 24.7. The third-order valence-electron chi connectivity index (χ3n) is 5.06. The Bertz CT molecular complexity index is 800. The van der Waals surface area contributed by atoms with E-state index in [1.54, 1.807) is 19.4 Å². The number of aromatic nitrogens is 1. The zero-order valence-electron chi connectivity index (χ0n) is 15.6. The van der Waals surface area contributed by atoms with Gasteiger partial charge in [0.2, 0.25) is 0 Å². The number of hydrogen-bond donors (Lipinski definition) is 1.